The van der Waals surface area contributed by atoms with E-state index in [0.717, 1.165) is 5.56 Å². The lowest BCUT2D eigenvalue weighted by molar-refractivity contribution is 0.0697. The fourth-order valence-electron chi connectivity index (χ4n) is 2.94. The molecule has 2 aromatic rings. The molecule has 0 saturated carbocycles. The number of aromatic nitrogens is 1. The lowest BCUT2D eigenvalue weighted by Crippen LogP contribution is -2.53. The van der Waals surface area contributed by atoms with Crippen molar-refractivity contribution in [1.82, 2.24) is 19.1 Å². The first-order chi connectivity index (χ1) is 12.8. The molecule has 2 heterocycles. The minimum Gasteiger partial charge on any atom is -0.361 e. The Labute approximate surface area is 163 Å². The molecule has 3 rings (SSSR count). The van der Waals surface area contributed by atoms with E-state index in [9.17, 15) is 13.2 Å². The van der Waals surface area contributed by atoms with Crippen molar-refractivity contribution in [2.24, 2.45) is 0 Å². The lowest BCUT2D eigenvalue weighted by Gasteiger charge is -2.34. The van der Waals surface area contributed by atoms with Crippen molar-refractivity contribution in [3.63, 3.8) is 0 Å². The number of hydrogen-bond acceptors (Lipinski definition) is 5. The summed E-state index contributed by atoms with van der Waals surface area (Å²) in [5, 5.41) is 4.31. The van der Waals surface area contributed by atoms with Crippen LogP contribution in [-0.2, 0) is 16.8 Å². The van der Waals surface area contributed by atoms with E-state index in [1.54, 1.807) is 43.0 Å². The molecule has 1 amide bonds. The third-order valence-electron chi connectivity index (χ3n) is 4.55. The standard InChI is InChI=1S/C17H21ClN4O4S/c1-12-16(13(2)26-20-12)11-19-27(24,25)22-8-6-21(7-9-22)17(23)14-4-3-5-15(18)10-14/h3-5,10,19H,6-9,11H2,1-2H3. The first-order valence-electron chi connectivity index (χ1n) is 8.49. The zero-order valence-electron chi connectivity index (χ0n) is 15.1. The molecule has 1 aromatic heterocycles. The van der Waals surface area contributed by atoms with Gasteiger partial charge in [-0.3, -0.25) is 4.79 Å². The van der Waals surface area contributed by atoms with Gasteiger partial charge in [0.25, 0.3) is 16.1 Å². The molecule has 0 radical (unpaired) electrons. The van der Waals surface area contributed by atoms with Gasteiger partial charge in [0.1, 0.15) is 5.76 Å². The maximum atomic E-state index is 12.5. The Balaban J connectivity index is 1.58. The summed E-state index contributed by atoms with van der Waals surface area (Å²) in [5.41, 5.74) is 1.89. The molecule has 0 atom stereocenters. The minimum atomic E-state index is -3.66. The van der Waals surface area contributed by atoms with E-state index < -0.39 is 10.2 Å². The van der Waals surface area contributed by atoms with Crippen LogP contribution in [0.15, 0.2) is 28.8 Å². The summed E-state index contributed by atoms with van der Waals surface area (Å²) in [6.45, 7) is 4.71. The van der Waals surface area contributed by atoms with E-state index in [1.165, 1.54) is 4.31 Å². The molecule has 27 heavy (non-hydrogen) atoms. The van der Waals surface area contributed by atoms with Gasteiger partial charge in [-0.15, -0.1) is 0 Å². The Morgan fingerprint density at radius 3 is 2.56 bits per heavy atom. The zero-order chi connectivity index (χ0) is 19.6. The molecule has 8 nitrogen and oxygen atoms in total. The maximum Gasteiger partial charge on any atom is 0.279 e. The van der Waals surface area contributed by atoms with Crippen LogP contribution in [0.3, 0.4) is 0 Å². The number of rotatable bonds is 5. The van der Waals surface area contributed by atoms with Crippen molar-refractivity contribution < 1.29 is 17.7 Å². The molecule has 0 unspecified atom stereocenters. The SMILES string of the molecule is Cc1noc(C)c1CNS(=O)(=O)N1CCN(C(=O)c2cccc(Cl)c2)CC1. The predicted molar refractivity (Wildman–Crippen MR) is 101 cm³/mol. The quantitative estimate of drug-likeness (QED) is 0.806. The van der Waals surface area contributed by atoms with Gasteiger partial charge in [0.2, 0.25) is 0 Å². The molecular weight excluding hydrogens is 392 g/mol. The second-order valence-corrected chi connectivity index (χ2v) is 8.52. The Bertz CT molecular complexity index is 917. The van der Waals surface area contributed by atoms with E-state index >= 15 is 0 Å². The van der Waals surface area contributed by atoms with E-state index in [4.69, 9.17) is 16.1 Å². The third-order valence-corrected chi connectivity index (χ3v) is 6.34. The molecule has 1 aliphatic rings. The van der Waals surface area contributed by atoms with Crippen molar-refractivity contribution in [2.45, 2.75) is 20.4 Å². The first-order valence-corrected chi connectivity index (χ1v) is 10.3. The normalized spacial score (nSPS) is 15.9. The second-order valence-electron chi connectivity index (χ2n) is 6.33. The summed E-state index contributed by atoms with van der Waals surface area (Å²) in [6.07, 6.45) is 0. The molecule has 1 aliphatic heterocycles. The summed E-state index contributed by atoms with van der Waals surface area (Å²) in [6, 6.07) is 6.73. The molecular formula is C17H21ClN4O4S. The number of nitrogens with zero attached hydrogens (tertiary/aromatic N) is 3. The lowest BCUT2D eigenvalue weighted by atomic mass is 10.2. The fraction of sp³-hybridized carbons (Fsp3) is 0.412. The number of carbonyl (C=O) groups excluding carboxylic acids is 1. The van der Waals surface area contributed by atoms with Crippen LogP contribution in [-0.4, -0.2) is 54.9 Å². The number of amides is 1. The number of halogens is 1. The van der Waals surface area contributed by atoms with Gasteiger partial charge in [0.05, 0.1) is 5.69 Å². The van der Waals surface area contributed by atoms with Gasteiger partial charge in [0.15, 0.2) is 0 Å². The van der Waals surface area contributed by atoms with Crippen LogP contribution in [0.1, 0.15) is 27.4 Å². The smallest absolute Gasteiger partial charge is 0.279 e. The average Bonchev–Trinajstić information content (AvgIpc) is 2.97. The Morgan fingerprint density at radius 2 is 1.96 bits per heavy atom. The molecule has 10 heteroatoms. The van der Waals surface area contributed by atoms with E-state index in [1.807, 2.05) is 0 Å². The van der Waals surface area contributed by atoms with Crippen molar-refractivity contribution in [1.29, 1.82) is 0 Å². The highest BCUT2D eigenvalue weighted by Gasteiger charge is 2.29. The number of benzene rings is 1. The van der Waals surface area contributed by atoms with E-state index in [2.05, 4.69) is 9.88 Å². The average molecular weight is 413 g/mol. The summed E-state index contributed by atoms with van der Waals surface area (Å²) in [5.74, 6) is 0.436. The van der Waals surface area contributed by atoms with Crippen LogP contribution in [0.2, 0.25) is 5.02 Å². The van der Waals surface area contributed by atoms with Crippen LogP contribution in [0, 0.1) is 13.8 Å². The van der Waals surface area contributed by atoms with Crippen molar-refractivity contribution in [3.05, 3.63) is 51.9 Å². The Kier molecular flexibility index (Phi) is 5.85. The molecule has 1 fully saturated rings. The molecule has 1 N–H and O–H groups in total. The number of carbonyl (C=O) groups is 1. The first kappa shape index (κ1) is 19.8. The van der Waals surface area contributed by atoms with Gasteiger partial charge in [0, 0.05) is 48.9 Å². The van der Waals surface area contributed by atoms with Gasteiger partial charge in [-0.25, -0.2) is 0 Å². The zero-order valence-corrected chi connectivity index (χ0v) is 16.7. The van der Waals surface area contributed by atoms with Crippen LogP contribution in [0.4, 0.5) is 0 Å². The predicted octanol–water partition coefficient (Wildman–Crippen LogP) is 1.74. The highest BCUT2D eigenvalue weighted by Crippen LogP contribution is 2.16. The topological polar surface area (TPSA) is 95.8 Å². The Morgan fingerprint density at radius 1 is 1.26 bits per heavy atom. The minimum absolute atomic E-state index is 0.116. The maximum absolute atomic E-state index is 12.5. The number of aryl methyl sites for hydroxylation is 2. The molecule has 146 valence electrons. The van der Waals surface area contributed by atoms with Crippen molar-refractivity contribution in [2.75, 3.05) is 26.2 Å². The van der Waals surface area contributed by atoms with Gasteiger partial charge < -0.3 is 9.42 Å². The molecule has 0 aliphatic carbocycles. The molecule has 1 aromatic carbocycles. The summed E-state index contributed by atoms with van der Waals surface area (Å²) >= 11 is 5.93. The monoisotopic (exact) mass is 412 g/mol. The highest BCUT2D eigenvalue weighted by atomic mass is 35.5. The van der Waals surface area contributed by atoms with Gasteiger partial charge >= 0.3 is 0 Å². The van der Waals surface area contributed by atoms with Crippen LogP contribution in [0.25, 0.3) is 0 Å². The second kappa shape index (κ2) is 7.97. The number of nitrogens with one attached hydrogen (secondary N) is 1. The third kappa shape index (κ3) is 4.49. The largest absolute Gasteiger partial charge is 0.361 e. The van der Waals surface area contributed by atoms with Gasteiger partial charge in [-0.2, -0.15) is 17.4 Å². The van der Waals surface area contributed by atoms with Crippen molar-refractivity contribution >= 4 is 27.7 Å². The fourth-order valence-corrected chi connectivity index (χ4v) is 4.29. The van der Waals surface area contributed by atoms with E-state index in [0.29, 0.717) is 35.1 Å². The van der Waals surface area contributed by atoms with Gasteiger partial charge in [-0.1, -0.05) is 22.8 Å². The van der Waals surface area contributed by atoms with Crippen LogP contribution in [0.5, 0.6) is 0 Å². The molecule has 0 bridgehead atoms. The summed E-state index contributed by atoms with van der Waals surface area (Å²) in [7, 11) is -3.66. The molecule has 1 saturated heterocycles. The van der Waals surface area contributed by atoms with Crippen LogP contribution < -0.4 is 4.72 Å². The van der Waals surface area contributed by atoms with Crippen molar-refractivity contribution in [3.8, 4) is 0 Å². The molecule has 0 spiro atoms. The van der Waals surface area contributed by atoms with Crippen LogP contribution >= 0.6 is 11.6 Å². The van der Waals surface area contributed by atoms with E-state index in [-0.39, 0.29) is 25.5 Å². The highest BCUT2D eigenvalue weighted by molar-refractivity contribution is 7.87. The number of piperazine rings is 1. The van der Waals surface area contributed by atoms with Gasteiger partial charge in [-0.05, 0) is 32.0 Å². The Hall–Kier alpha value is -1.94. The summed E-state index contributed by atoms with van der Waals surface area (Å²) < 4.78 is 34.0. The summed E-state index contributed by atoms with van der Waals surface area (Å²) in [4.78, 5) is 14.2. The number of hydrogen-bond donors (Lipinski definition) is 1.